The molecule has 0 amide bonds. The maximum absolute atomic E-state index is 11.6. The molecule has 0 heterocycles. The van der Waals surface area contributed by atoms with E-state index in [2.05, 4.69) is 0 Å². The van der Waals surface area contributed by atoms with Gasteiger partial charge >= 0.3 is 5.97 Å². The second kappa shape index (κ2) is 5.69. The highest BCUT2D eigenvalue weighted by Gasteiger charge is 2.14. The number of hydrogen-bond acceptors (Lipinski definition) is 3. The molecule has 0 aliphatic rings. The van der Waals surface area contributed by atoms with Gasteiger partial charge in [0.1, 0.15) is 0 Å². The lowest BCUT2D eigenvalue weighted by Gasteiger charge is -2.10. The highest BCUT2D eigenvalue weighted by atomic mass is 32.2. The highest BCUT2D eigenvalue weighted by Crippen LogP contribution is 2.26. The monoisotopic (exact) mass is 304 g/mol. The van der Waals surface area contributed by atoms with Crippen LogP contribution < -0.4 is 0 Å². The van der Waals surface area contributed by atoms with E-state index < -0.39 is 21.7 Å². The van der Waals surface area contributed by atoms with Crippen molar-refractivity contribution in [3.63, 3.8) is 0 Å². The standard InChI is InChI=1S/C16H16O4S/c1-11(16(17)18)12-5-3-6-13(9-12)14-7-4-8-15(10-14)21(2,19)20/h3-11H,1-2H3,(H,17,18). The van der Waals surface area contributed by atoms with E-state index in [1.807, 2.05) is 6.07 Å². The first-order valence-electron chi connectivity index (χ1n) is 6.42. The molecule has 2 aromatic rings. The second-order valence-corrected chi connectivity index (χ2v) is 7.00. The lowest BCUT2D eigenvalue weighted by atomic mass is 9.96. The minimum atomic E-state index is -3.27. The first kappa shape index (κ1) is 15.3. The molecule has 0 aliphatic carbocycles. The SMILES string of the molecule is CC(C(=O)O)c1cccc(-c2cccc(S(C)(=O)=O)c2)c1. The first-order chi connectivity index (χ1) is 9.79. The summed E-state index contributed by atoms with van der Waals surface area (Å²) >= 11 is 0. The Labute approximate surface area is 124 Å². The summed E-state index contributed by atoms with van der Waals surface area (Å²) in [5.41, 5.74) is 2.23. The van der Waals surface area contributed by atoms with E-state index in [1.54, 1.807) is 49.4 Å². The van der Waals surface area contributed by atoms with Crippen molar-refractivity contribution in [1.82, 2.24) is 0 Å². The number of benzene rings is 2. The van der Waals surface area contributed by atoms with Gasteiger partial charge in [0.15, 0.2) is 9.84 Å². The zero-order chi connectivity index (χ0) is 15.6. The molecule has 21 heavy (non-hydrogen) atoms. The number of aliphatic carboxylic acids is 1. The maximum atomic E-state index is 11.6. The number of rotatable bonds is 4. The van der Waals surface area contributed by atoms with E-state index in [4.69, 9.17) is 5.11 Å². The fourth-order valence-corrected chi connectivity index (χ4v) is 2.70. The second-order valence-electron chi connectivity index (χ2n) is 4.99. The number of carbonyl (C=O) groups is 1. The third-order valence-electron chi connectivity index (χ3n) is 3.35. The molecule has 0 bridgehead atoms. The van der Waals surface area contributed by atoms with Gasteiger partial charge in [-0.2, -0.15) is 0 Å². The summed E-state index contributed by atoms with van der Waals surface area (Å²) in [7, 11) is -3.27. The summed E-state index contributed by atoms with van der Waals surface area (Å²) in [5, 5.41) is 9.07. The molecular weight excluding hydrogens is 288 g/mol. The topological polar surface area (TPSA) is 71.4 Å². The van der Waals surface area contributed by atoms with Crippen LogP contribution in [0.4, 0.5) is 0 Å². The van der Waals surface area contributed by atoms with E-state index in [9.17, 15) is 13.2 Å². The van der Waals surface area contributed by atoms with Gasteiger partial charge in [0.05, 0.1) is 10.8 Å². The van der Waals surface area contributed by atoms with Crippen LogP contribution in [0.5, 0.6) is 0 Å². The number of carboxylic acids is 1. The lowest BCUT2D eigenvalue weighted by molar-refractivity contribution is -0.138. The fraction of sp³-hybridized carbons (Fsp3) is 0.188. The van der Waals surface area contributed by atoms with Crippen LogP contribution >= 0.6 is 0 Å². The van der Waals surface area contributed by atoms with Crippen molar-refractivity contribution in [2.45, 2.75) is 17.7 Å². The Kier molecular flexibility index (Phi) is 4.14. The van der Waals surface area contributed by atoms with Crippen molar-refractivity contribution < 1.29 is 18.3 Å². The molecule has 5 heteroatoms. The zero-order valence-electron chi connectivity index (χ0n) is 11.8. The summed E-state index contributed by atoms with van der Waals surface area (Å²) < 4.78 is 23.2. The normalized spacial score (nSPS) is 12.9. The average Bonchev–Trinajstić information content (AvgIpc) is 2.46. The highest BCUT2D eigenvalue weighted by molar-refractivity contribution is 7.90. The first-order valence-corrected chi connectivity index (χ1v) is 8.31. The Morgan fingerprint density at radius 2 is 1.62 bits per heavy atom. The van der Waals surface area contributed by atoms with Gasteiger partial charge in [-0.25, -0.2) is 8.42 Å². The molecule has 0 saturated carbocycles. The van der Waals surface area contributed by atoms with Gasteiger partial charge in [0, 0.05) is 6.26 Å². The van der Waals surface area contributed by atoms with E-state index >= 15 is 0 Å². The number of hydrogen-bond donors (Lipinski definition) is 1. The number of sulfone groups is 1. The predicted molar refractivity (Wildman–Crippen MR) is 81.0 cm³/mol. The summed E-state index contributed by atoms with van der Waals surface area (Å²) in [6.45, 7) is 1.62. The van der Waals surface area contributed by atoms with E-state index in [0.29, 0.717) is 5.56 Å². The Morgan fingerprint density at radius 1 is 1.05 bits per heavy atom. The number of carboxylic acid groups (broad SMARTS) is 1. The Morgan fingerprint density at radius 3 is 2.19 bits per heavy atom. The van der Waals surface area contributed by atoms with Crippen LogP contribution in [-0.4, -0.2) is 25.7 Å². The van der Waals surface area contributed by atoms with Crippen LogP contribution in [-0.2, 0) is 14.6 Å². The molecule has 2 aromatic carbocycles. The Bertz CT molecular complexity index is 778. The molecule has 0 radical (unpaired) electrons. The van der Waals surface area contributed by atoms with Crippen LogP contribution in [0.1, 0.15) is 18.4 Å². The van der Waals surface area contributed by atoms with E-state index in [1.165, 1.54) is 0 Å². The largest absolute Gasteiger partial charge is 0.481 e. The molecule has 2 rings (SSSR count). The van der Waals surface area contributed by atoms with Gasteiger partial charge < -0.3 is 5.11 Å². The van der Waals surface area contributed by atoms with Crippen molar-refractivity contribution in [2.75, 3.05) is 6.26 Å². The van der Waals surface area contributed by atoms with Gasteiger partial charge in [-0.05, 0) is 35.7 Å². The quantitative estimate of drug-likeness (QED) is 0.942. The molecule has 0 aromatic heterocycles. The molecule has 0 saturated heterocycles. The van der Waals surface area contributed by atoms with Gasteiger partial charge in [-0.3, -0.25) is 4.79 Å². The van der Waals surface area contributed by atoms with Gasteiger partial charge in [-0.1, -0.05) is 36.4 Å². The molecule has 0 fully saturated rings. The summed E-state index contributed by atoms with van der Waals surface area (Å²) in [4.78, 5) is 11.3. The van der Waals surface area contributed by atoms with Crippen molar-refractivity contribution in [3.8, 4) is 11.1 Å². The Balaban J connectivity index is 2.48. The molecule has 1 N–H and O–H groups in total. The average molecular weight is 304 g/mol. The summed E-state index contributed by atoms with van der Waals surface area (Å²) in [6, 6.07) is 13.8. The van der Waals surface area contributed by atoms with Crippen LogP contribution in [0.2, 0.25) is 0 Å². The van der Waals surface area contributed by atoms with Crippen LogP contribution in [0, 0.1) is 0 Å². The van der Waals surface area contributed by atoms with Gasteiger partial charge in [0.2, 0.25) is 0 Å². The van der Waals surface area contributed by atoms with Gasteiger partial charge in [-0.15, -0.1) is 0 Å². The maximum Gasteiger partial charge on any atom is 0.310 e. The molecule has 4 nitrogen and oxygen atoms in total. The van der Waals surface area contributed by atoms with Crippen LogP contribution in [0.3, 0.4) is 0 Å². The van der Waals surface area contributed by atoms with E-state index in [0.717, 1.165) is 17.4 Å². The third-order valence-corrected chi connectivity index (χ3v) is 4.46. The molecule has 1 unspecified atom stereocenters. The van der Waals surface area contributed by atoms with Crippen LogP contribution in [0.25, 0.3) is 11.1 Å². The molecule has 110 valence electrons. The van der Waals surface area contributed by atoms with Crippen LogP contribution in [0.15, 0.2) is 53.4 Å². The van der Waals surface area contributed by atoms with Crippen molar-refractivity contribution in [2.24, 2.45) is 0 Å². The molecule has 0 aliphatic heterocycles. The smallest absolute Gasteiger partial charge is 0.310 e. The van der Waals surface area contributed by atoms with Crippen molar-refractivity contribution in [3.05, 3.63) is 54.1 Å². The minimum absolute atomic E-state index is 0.247. The predicted octanol–water partition coefficient (Wildman–Crippen LogP) is 2.95. The molecule has 0 spiro atoms. The third kappa shape index (κ3) is 3.49. The molecule has 1 atom stereocenters. The molecular formula is C16H16O4S. The lowest BCUT2D eigenvalue weighted by Crippen LogP contribution is -2.07. The van der Waals surface area contributed by atoms with Gasteiger partial charge in [0.25, 0.3) is 0 Å². The van der Waals surface area contributed by atoms with Crippen molar-refractivity contribution >= 4 is 15.8 Å². The van der Waals surface area contributed by atoms with Crippen molar-refractivity contribution in [1.29, 1.82) is 0 Å². The van der Waals surface area contributed by atoms with E-state index in [-0.39, 0.29) is 4.90 Å². The fourth-order valence-electron chi connectivity index (χ4n) is 2.04. The minimum Gasteiger partial charge on any atom is -0.481 e. The summed E-state index contributed by atoms with van der Waals surface area (Å²) in [5.74, 6) is -1.50. The summed E-state index contributed by atoms with van der Waals surface area (Å²) in [6.07, 6.45) is 1.16. The zero-order valence-corrected chi connectivity index (χ0v) is 12.6. The Hall–Kier alpha value is -2.14.